The van der Waals surface area contributed by atoms with Crippen LogP contribution in [0.4, 0.5) is 5.69 Å². The molecule has 0 bridgehead atoms. The first-order chi connectivity index (χ1) is 8.15. The normalized spacial score (nSPS) is 23.6. The molecule has 2 atom stereocenters. The molecule has 0 aromatic heterocycles. The lowest BCUT2D eigenvalue weighted by molar-refractivity contribution is -0.121. The number of amides is 1. The fraction of sp³-hybridized carbons (Fsp3) is 0.500. The molecule has 0 heterocycles. The van der Waals surface area contributed by atoms with Crippen molar-refractivity contribution < 1.29 is 4.79 Å². The average molecular weight is 232 g/mol. The molecule has 1 aromatic carbocycles. The molecule has 1 aromatic rings. The summed E-state index contributed by atoms with van der Waals surface area (Å²) in [5, 5.41) is 3.09. The number of nitrogens with two attached hydrogens (primary N) is 1. The van der Waals surface area contributed by atoms with Gasteiger partial charge in [-0.25, -0.2) is 0 Å². The summed E-state index contributed by atoms with van der Waals surface area (Å²) in [6.07, 6.45) is 3.82. The van der Waals surface area contributed by atoms with E-state index in [1.165, 1.54) is 6.42 Å². The van der Waals surface area contributed by atoms with Crippen LogP contribution in [-0.4, -0.2) is 11.9 Å². The van der Waals surface area contributed by atoms with Gasteiger partial charge in [-0.2, -0.15) is 0 Å². The van der Waals surface area contributed by atoms with Gasteiger partial charge in [0.15, 0.2) is 0 Å². The molecule has 1 aliphatic rings. The summed E-state index contributed by atoms with van der Waals surface area (Å²) in [6, 6.07) is 7.90. The van der Waals surface area contributed by atoms with Crippen molar-refractivity contribution in [3.8, 4) is 0 Å². The maximum Gasteiger partial charge on any atom is 0.224 e. The summed E-state index contributed by atoms with van der Waals surface area (Å²) < 4.78 is 0. The van der Waals surface area contributed by atoms with E-state index in [0.29, 0.717) is 18.2 Å². The molecule has 2 unspecified atom stereocenters. The van der Waals surface area contributed by atoms with Gasteiger partial charge in [0, 0.05) is 11.7 Å². The molecule has 3 nitrogen and oxygen atoms in total. The maximum atomic E-state index is 11.9. The van der Waals surface area contributed by atoms with Crippen LogP contribution in [0.25, 0.3) is 0 Å². The highest BCUT2D eigenvalue weighted by molar-refractivity contribution is 5.80. The standard InChI is InChI=1S/C14H20N2O/c1-10-6-7-12(8-10)16-14(17)9-11-4-2-3-5-13(11)15/h2-5,10,12H,6-9,15H2,1H3,(H,16,17). The molecule has 3 N–H and O–H groups in total. The first-order valence-electron chi connectivity index (χ1n) is 6.28. The predicted octanol–water partition coefficient (Wildman–Crippen LogP) is 2.12. The highest BCUT2D eigenvalue weighted by Crippen LogP contribution is 2.24. The van der Waals surface area contributed by atoms with Crippen molar-refractivity contribution in [2.45, 2.75) is 38.6 Å². The Morgan fingerprint density at radius 2 is 2.18 bits per heavy atom. The van der Waals surface area contributed by atoms with E-state index in [9.17, 15) is 4.79 Å². The number of nitrogens with one attached hydrogen (secondary N) is 1. The Bertz CT molecular complexity index is 403. The summed E-state index contributed by atoms with van der Waals surface area (Å²) in [6.45, 7) is 2.24. The fourth-order valence-electron chi connectivity index (χ4n) is 2.49. The molecule has 1 aliphatic carbocycles. The molecule has 0 aliphatic heterocycles. The Balaban J connectivity index is 1.87. The monoisotopic (exact) mass is 232 g/mol. The number of hydrogen-bond donors (Lipinski definition) is 2. The van der Waals surface area contributed by atoms with E-state index in [1.807, 2.05) is 24.3 Å². The van der Waals surface area contributed by atoms with Crippen LogP contribution < -0.4 is 11.1 Å². The summed E-state index contributed by atoms with van der Waals surface area (Å²) in [5.41, 5.74) is 7.43. The molecular weight excluding hydrogens is 212 g/mol. The van der Waals surface area contributed by atoms with E-state index >= 15 is 0 Å². The third kappa shape index (κ3) is 3.22. The molecular formula is C14H20N2O. The molecule has 1 amide bonds. The van der Waals surface area contributed by atoms with Gasteiger partial charge in [-0.15, -0.1) is 0 Å². The topological polar surface area (TPSA) is 55.1 Å². The SMILES string of the molecule is CC1CCC(NC(=O)Cc2ccccc2N)C1. The Hall–Kier alpha value is -1.51. The number of anilines is 1. The lowest BCUT2D eigenvalue weighted by atomic mass is 10.1. The minimum Gasteiger partial charge on any atom is -0.398 e. The van der Waals surface area contributed by atoms with Gasteiger partial charge in [-0.05, 0) is 36.8 Å². The van der Waals surface area contributed by atoms with Crippen molar-refractivity contribution in [3.63, 3.8) is 0 Å². The van der Waals surface area contributed by atoms with E-state index in [1.54, 1.807) is 0 Å². The molecule has 1 saturated carbocycles. The van der Waals surface area contributed by atoms with E-state index in [4.69, 9.17) is 5.73 Å². The van der Waals surface area contributed by atoms with E-state index in [-0.39, 0.29) is 5.91 Å². The lowest BCUT2D eigenvalue weighted by Crippen LogP contribution is -2.34. The summed E-state index contributed by atoms with van der Waals surface area (Å²) >= 11 is 0. The van der Waals surface area contributed by atoms with Crippen LogP contribution in [0.3, 0.4) is 0 Å². The van der Waals surface area contributed by atoms with E-state index < -0.39 is 0 Å². The van der Waals surface area contributed by atoms with Gasteiger partial charge in [-0.3, -0.25) is 4.79 Å². The van der Waals surface area contributed by atoms with Crippen molar-refractivity contribution in [2.24, 2.45) is 5.92 Å². The number of benzene rings is 1. The van der Waals surface area contributed by atoms with Gasteiger partial charge in [0.25, 0.3) is 0 Å². The first-order valence-corrected chi connectivity index (χ1v) is 6.28. The minimum atomic E-state index is 0.0852. The lowest BCUT2D eigenvalue weighted by Gasteiger charge is -2.13. The third-order valence-corrected chi connectivity index (χ3v) is 3.47. The third-order valence-electron chi connectivity index (χ3n) is 3.47. The Morgan fingerprint density at radius 3 is 2.82 bits per heavy atom. The first kappa shape index (κ1) is 12.0. The molecule has 3 heteroatoms. The predicted molar refractivity (Wildman–Crippen MR) is 69.5 cm³/mol. The van der Waals surface area contributed by atoms with Crippen LogP contribution in [0.1, 0.15) is 31.7 Å². The smallest absolute Gasteiger partial charge is 0.224 e. The molecule has 1 fully saturated rings. The van der Waals surface area contributed by atoms with Gasteiger partial charge in [0.1, 0.15) is 0 Å². The number of para-hydroxylation sites is 1. The summed E-state index contributed by atoms with van der Waals surface area (Å²) in [5.74, 6) is 0.823. The van der Waals surface area contributed by atoms with Gasteiger partial charge in [0.05, 0.1) is 6.42 Å². The second-order valence-electron chi connectivity index (χ2n) is 5.06. The highest BCUT2D eigenvalue weighted by atomic mass is 16.1. The van der Waals surface area contributed by atoms with Crippen molar-refractivity contribution in [1.82, 2.24) is 5.32 Å². The molecule has 2 rings (SSSR count). The number of nitrogen functional groups attached to an aromatic ring is 1. The van der Waals surface area contributed by atoms with Gasteiger partial charge < -0.3 is 11.1 Å². The molecule has 0 spiro atoms. The van der Waals surface area contributed by atoms with Gasteiger partial charge >= 0.3 is 0 Å². The number of rotatable bonds is 3. The van der Waals surface area contributed by atoms with Crippen molar-refractivity contribution in [1.29, 1.82) is 0 Å². The Morgan fingerprint density at radius 1 is 1.41 bits per heavy atom. The zero-order chi connectivity index (χ0) is 12.3. The van der Waals surface area contributed by atoms with Crippen LogP contribution in [0.15, 0.2) is 24.3 Å². The molecule has 17 heavy (non-hydrogen) atoms. The number of carbonyl (C=O) groups excluding carboxylic acids is 1. The van der Waals surface area contributed by atoms with Crippen LogP contribution in [-0.2, 0) is 11.2 Å². The van der Waals surface area contributed by atoms with Gasteiger partial charge in [0.2, 0.25) is 5.91 Å². The Kier molecular flexibility index (Phi) is 3.67. The van der Waals surface area contributed by atoms with Crippen LogP contribution in [0, 0.1) is 5.92 Å². The van der Waals surface area contributed by atoms with Crippen LogP contribution >= 0.6 is 0 Å². The molecule has 0 saturated heterocycles. The minimum absolute atomic E-state index is 0.0852. The quantitative estimate of drug-likeness (QED) is 0.784. The molecule has 92 valence electrons. The van der Waals surface area contributed by atoms with E-state index in [2.05, 4.69) is 12.2 Å². The van der Waals surface area contributed by atoms with Crippen LogP contribution in [0.5, 0.6) is 0 Å². The van der Waals surface area contributed by atoms with Crippen molar-refractivity contribution in [2.75, 3.05) is 5.73 Å². The second-order valence-corrected chi connectivity index (χ2v) is 5.06. The zero-order valence-electron chi connectivity index (χ0n) is 10.3. The van der Waals surface area contributed by atoms with Gasteiger partial charge in [-0.1, -0.05) is 25.1 Å². The van der Waals surface area contributed by atoms with Crippen molar-refractivity contribution >= 4 is 11.6 Å². The number of hydrogen-bond acceptors (Lipinski definition) is 2. The fourth-order valence-corrected chi connectivity index (χ4v) is 2.49. The maximum absolute atomic E-state index is 11.9. The molecule has 0 radical (unpaired) electrons. The average Bonchev–Trinajstić information content (AvgIpc) is 2.67. The zero-order valence-corrected chi connectivity index (χ0v) is 10.3. The highest BCUT2D eigenvalue weighted by Gasteiger charge is 2.22. The van der Waals surface area contributed by atoms with Crippen molar-refractivity contribution in [3.05, 3.63) is 29.8 Å². The number of carbonyl (C=O) groups is 1. The van der Waals surface area contributed by atoms with Crippen LogP contribution in [0.2, 0.25) is 0 Å². The second kappa shape index (κ2) is 5.21. The summed E-state index contributed by atoms with van der Waals surface area (Å²) in [7, 11) is 0. The van der Waals surface area contributed by atoms with E-state index in [0.717, 1.165) is 24.3 Å². The largest absolute Gasteiger partial charge is 0.398 e. The Labute approximate surface area is 102 Å². The summed E-state index contributed by atoms with van der Waals surface area (Å²) in [4.78, 5) is 11.9.